The van der Waals surface area contributed by atoms with Gasteiger partial charge in [0.15, 0.2) is 0 Å². The largest absolute Gasteiger partial charge is 0.253 e. The van der Waals surface area contributed by atoms with Crippen LogP contribution in [0.4, 0.5) is 0 Å². The van der Waals surface area contributed by atoms with Crippen molar-refractivity contribution in [1.82, 2.24) is 9.97 Å². The predicted molar refractivity (Wildman–Crippen MR) is 75.1 cm³/mol. The van der Waals surface area contributed by atoms with Crippen molar-refractivity contribution in [2.75, 3.05) is 0 Å². The van der Waals surface area contributed by atoms with Gasteiger partial charge in [0.1, 0.15) is 0 Å². The molecule has 0 saturated carbocycles. The van der Waals surface area contributed by atoms with E-state index in [-0.39, 0.29) is 12.4 Å². The number of nitrogens with zero attached hydrogens (tertiary/aromatic N) is 2. The lowest BCUT2D eigenvalue weighted by molar-refractivity contribution is 0.846. The first-order valence-electron chi connectivity index (χ1n) is 4.56. The SMILES string of the molecule is CC(C)c1nc(CCl)cs1.Cl.c1cscn1. The monoisotopic (exact) mass is 296 g/mol. The Bertz CT molecular complexity index is 343. The van der Waals surface area contributed by atoms with Crippen molar-refractivity contribution in [3.05, 3.63) is 33.2 Å². The molecule has 2 nitrogen and oxygen atoms in total. The number of rotatable bonds is 2. The van der Waals surface area contributed by atoms with Crippen molar-refractivity contribution in [2.45, 2.75) is 25.6 Å². The van der Waals surface area contributed by atoms with Gasteiger partial charge in [-0.25, -0.2) is 4.98 Å². The molecule has 2 heterocycles. The molecule has 6 heteroatoms. The van der Waals surface area contributed by atoms with Gasteiger partial charge in [-0.15, -0.1) is 46.7 Å². The van der Waals surface area contributed by atoms with Crippen molar-refractivity contribution in [2.24, 2.45) is 0 Å². The number of hydrogen-bond acceptors (Lipinski definition) is 4. The van der Waals surface area contributed by atoms with Gasteiger partial charge in [0, 0.05) is 22.9 Å². The molecule has 0 atom stereocenters. The van der Waals surface area contributed by atoms with E-state index in [1.807, 2.05) is 10.8 Å². The minimum Gasteiger partial charge on any atom is -0.253 e. The molecule has 0 aliphatic carbocycles. The highest BCUT2D eigenvalue weighted by Gasteiger charge is 2.03. The lowest BCUT2D eigenvalue weighted by atomic mass is 10.2. The van der Waals surface area contributed by atoms with Gasteiger partial charge in [-0.3, -0.25) is 4.98 Å². The number of alkyl halides is 1. The fraction of sp³-hybridized carbons (Fsp3) is 0.400. The van der Waals surface area contributed by atoms with Crippen molar-refractivity contribution < 1.29 is 0 Å². The van der Waals surface area contributed by atoms with Crippen molar-refractivity contribution in [3.8, 4) is 0 Å². The van der Waals surface area contributed by atoms with Crippen molar-refractivity contribution in [1.29, 1.82) is 0 Å². The first-order valence-corrected chi connectivity index (χ1v) is 6.92. The maximum Gasteiger partial charge on any atom is 0.0954 e. The van der Waals surface area contributed by atoms with Crippen LogP contribution >= 0.6 is 46.7 Å². The topological polar surface area (TPSA) is 25.8 Å². The maximum atomic E-state index is 5.59. The van der Waals surface area contributed by atoms with Crippen LogP contribution < -0.4 is 0 Å². The highest BCUT2D eigenvalue weighted by molar-refractivity contribution is 7.09. The molecule has 0 aromatic carbocycles. The van der Waals surface area contributed by atoms with E-state index in [2.05, 4.69) is 23.8 Å². The Morgan fingerprint density at radius 2 is 2.19 bits per heavy atom. The van der Waals surface area contributed by atoms with Crippen LogP contribution in [-0.2, 0) is 5.88 Å². The Labute approximate surface area is 115 Å². The minimum atomic E-state index is 0. The van der Waals surface area contributed by atoms with Gasteiger partial charge in [0.25, 0.3) is 0 Å². The standard InChI is InChI=1S/C7H10ClNS.C3H3NS.ClH/c1-5(2)7-9-6(3-8)4-10-7;1-2-5-3-4-1;/h4-5H,3H2,1-2H3;1-3H;1H. The maximum absolute atomic E-state index is 5.59. The Morgan fingerprint density at radius 1 is 1.44 bits per heavy atom. The molecule has 0 radical (unpaired) electrons. The summed E-state index contributed by atoms with van der Waals surface area (Å²) in [6.07, 6.45) is 1.77. The highest BCUT2D eigenvalue weighted by Crippen LogP contribution is 2.19. The Hall–Kier alpha value is -0.160. The van der Waals surface area contributed by atoms with E-state index in [0.29, 0.717) is 11.8 Å². The van der Waals surface area contributed by atoms with Crippen LogP contribution in [0.15, 0.2) is 22.5 Å². The second-order valence-electron chi connectivity index (χ2n) is 3.14. The highest BCUT2D eigenvalue weighted by atomic mass is 35.5. The zero-order valence-electron chi connectivity index (χ0n) is 9.09. The molecular formula is C10H14Cl2N2S2. The van der Waals surface area contributed by atoms with E-state index in [0.717, 1.165) is 5.69 Å². The molecule has 0 bridgehead atoms. The van der Waals surface area contributed by atoms with Gasteiger partial charge in [-0.1, -0.05) is 13.8 Å². The lowest BCUT2D eigenvalue weighted by Gasteiger charge is -1.95. The van der Waals surface area contributed by atoms with Crippen molar-refractivity contribution >= 4 is 46.7 Å². The average molecular weight is 297 g/mol. The molecule has 0 aliphatic rings. The van der Waals surface area contributed by atoms with Crippen LogP contribution in [0.3, 0.4) is 0 Å². The zero-order valence-corrected chi connectivity index (χ0v) is 12.3. The molecule has 0 aliphatic heterocycles. The molecule has 0 unspecified atom stereocenters. The summed E-state index contributed by atoms with van der Waals surface area (Å²) in [6, 6.07) is 0. The van der Waals surface area contributed by atoms with E-state index in [1.54, 1.807) is 34.4 Å². The van der Waals surface area contributed by atoms with Gasteiger partial charge in [0.05, 0.1) is 22.1 Å². The van der Waals surface area contributed by atoms with Crippen LogP contribution in [-0.4, -0.2) is 9.97 Å². The molecule has 2 rings (SSSR count). The minimum absolute atomic E-state index is 0. The summed E-state index contributed by atoms with van der Waals surface area (Å²) in [4.78, 5) is 8.06. The summed E-state index contributed by atoms with van der Waals surface area (Å²) in [7, 11) is 0. The Kier molecular flexibility index (Phi) is 8.84. The Balaban J connectivity index is 0.000000318. The average Bonchev–Trinajstić information content (AvgIpc) is 2.92. The molecule has 0 N–H and O–H groups in total. The van der Waals surface area contributed by atoms with Crippen LogP contribution in [0.1, 0.15) is 30.5 Å². The second kappa shape index (κ2) is 8.93. The quantitative estimate of drug-likeness (QED) is 0.759. The zero-order chi connectivity index (χ0) is 11.1. The smallest absolute Gasteiger partial charge is 0.0954 e. The van der Waals surface area contributed by atoms with Gasteiger partial charge in [-0.2, -0.15) is 0 Å². The van der Waals surface area contributed by atoms with Crippen LogP contribution in [0.5, 0.6) is 0 Å². The number of hydrogen-bond donors (Lipinski definition) is 0. The molecule has 0 saturated heterocycles. The van der Waals surface area contributed by atoms with E-state index in [9.17, 15) is 0 Å². The number of thiazole rings is 2. The number of aromatic nitrogens is 2. The molecule has 2 aromatic heterocycles. The Morgan fingerprint density at radius 3 is 2.44 bits per heavy atom. The van der Waals surface area contributed by atoms with Gasteiger partial charge in [-0.05, 0) is 0 Å². The molecule has 0 spiro atoms. The summed E-state index contributed by atoms with van der Waals surface area (Å²) in [5.41, 5.74) is 2.79. The number of halogens is 2. The molecule has 0 fully saturated rings. The van der Waals surface area contributed by atoms with Gasteiger partial charge in [0.2, 0.25) is 0 Å². The summed E-state index contributed by atoms with van der Waals surface area (Å²) < 4.78 is 0. The van der Waals surface area contributed by atoms with E-state index >= 15 is 0 Å². The third-order valence-electron chi connectivity index (χ3n) is 1.55. The predicted octanol–water partition coefficient (Wildman–Crippen LogP) is 4.57. The third-order valence-corrected chi connectivity index (χ3v) is 3.54. The third kappa shape index (κ3) is 5.80. The fourth-order valence-electron chi connectivity index (χ4n) is 0.825. The molecule has 2 aromatic rings. The normalized spacial score (nSPS) is 9.25. The lowest BCUT2D eigenvalue weighted by Crippen LogP contribution is -1.85. The van der Waals surface area contributed by atoms with E-state index in [4.69, 9.17) is 11.6 Å². The molecular weight excluding hydrogens is 283 g/mol. The summed E-state index contributed by atoms with van der Waals surface area (Å²) in [6.45, 7) is 4.27. The fourth-order valence-corrected chi connectivity index (χ4v) is 2.24. The molecule has 0 amide bonds. The van der Waals surface area contributed by atoms with Gasteiger partial charge >= 0.3 is 0 Å². The first-order chi connectivity index (χ1) is 7.24. The summed E-state index contributed by atoms with van der Waals surface area (Å²) >= 11 is 8.88. The molecule has 90 valence electrons. The molecule has 16 heavy (non-hydrogen) atoms. The summed E-state index contributed by atoms with van der Waals surface area (Å²) in [5.74, 6) is 1.06. The van der Waals surface area contributed by atoms with Crippen LogP contribution in [0, 0.1) is 0 Å². The van der Waals surface area contributed by atoms with E-state index in [1.165, 1.54) is 5.01 Å². The van der Waals surface area contributed by atoms with Gasteiger partial charge < -0.3 is 0 Å². The summed E-state index contributed by atoms with van der Waals surface area (Å²) in [5, 5.41) is 5.12. The second-order valence-corrected chi connectivity index (χ2v) is 5.05. The van der Waals surface area contributed by atoms with Crippen LogP contribution in [0.25, 0.3) is 0 Å². The van der Waals surface area contributed by atoms with Crippen molar-refractivity contribution in [3.63, 3.8) is 0 Å². The first kappa shape index (κ1) is 15.8. The van der Waals surface area contributed by atoms with Crippen LogP contribution in [0.2, 0.25) is 0 Å². The van der Waals surface area contributed by atoms with E-state index < -0.39 is 0 Å².